The van der Waals surface area contributed by atoms with Crippen LogP contribution in [0.2, 0.25) is 0 Å². The van der Waals surface area contributed by atoms with Gasteiger partial charge in [0, 0.05) is 19.4 Å². The van der Waals surface area contributed by atoms with Crippen molar-refractivity contribution in [2.24, 2.45) is 0 Å². The van der Waals surface area contributed by atoms with Crippen LogP contribution in [0.3, 0.4) is 0 Å². The summed E-state index contributed by atoms with van der Waals surface area (Å²) in [5.41, 5.74) is 3.95. The van der Waals surface area contributed by atoms with Gasteiger partial charge >= 0.3 is 0 Å². The largest absolute Gasteiger partial charge is 0.383 e. The first-order chi connectivity index (χ1) is 9.72. The molecule has 1 atom stereocenters. The Morgan fingerprint density at radius 2 is 2.05 bits per heavy atom. The molecule has 1 aromatic carbocycles. The van der Waals surface area contributed by atoms with E-state index in [4.69, 9.17) is 4.74 Å². The van der Waals surface area contributed by atoms with Crippen LogP contribution >= 0.6 is 0 Å². The summed E-state index contributed by atoms with van der Waals surface area (Å²) in [5.74, 6) is 0. The lowest BCUT2D eigenvalue weighted by molar-refractivity contribution is 0.133. The predicted molar refractivity (Wildman–Crippen MR) is 85.5 cm³/mol. The van der Waals surface area contributed by atoms with Crippen LogP contribution in [0, 0.1) is 0 Å². The molecule has 2 rings (SSSR count). The van der Waals surface area contributed by atoms with Gasteiger partial charge in [-0.2, -0.15) is 0 Å². The summed E-state index contributed by atoms with van der Waals surface area (Å²) in [7, 11) is 1.79. The zero-order valence-corrected chi connectivity index (χ0v) is 12.8. The van der Waals surface area contributed by atoms with Crippen molar-refractivity contribution in [3.8, 4) is 0 Å². The Morgan fingerprint density at radius 1 is 1.30 bits per heavy atom. The van der Waals surface area contributed by atoms with E-state index < -0.39 is 0 Å². The van der Waals surface area contributed by atoms with E-state index in [1.54, 1.807) is 7.11 Å². The van der Waals surface area contributed by atoms with Crippen molar-refractivity contribution in [1.82, 2.24) is 4.90 Å². The van der Waals surface area contributed by atoms with E-state index in [-0.39, 0.29) is 0 Å². The highest BCUT2D eigenvalue weighted by molar-refractivity contribution is 5.53. The van der Waals surface area contributed by atoms with Gasteiger partial charge in [-0.25, -0.2) is 0 Å². The van der Waals surface area contributed by atoms with Gasteiger partial charge in [0.25, 0.3) is 0 Å². The lowest BCUT2D eigenvalue weighted by atomic mass is 10.1. The molecule has 0 bridgehead atoms. The summed E-state index contributed by atoms with van der Waals surface area (Å²) in [5, 5.41) is 0. The third kappa shape index (κ3) is 3.73. The summed E-state index contributed by atoms with van der Waals surface area (Å²) in [6.45, 7) is 6.32. The lowest BCUT2D eigenvalue weighted by Gasteiger charge is -2.28. The number of ether oxygens (including phenoxy) is 1. The molecule has 0 aromatic heterocycles. The molecule has 1 aromatic rings. The molecule has 20 heavy (non-hydrogen) atoms. The average Bonchev–Trinajstić information content (AvgIpc) is 2.89. The van der Waals surface area contributed by atoms with E-state index >= 15 is 0 Å². The molecule has 1 aliphatic rings. The zero-order valence-electron chi connectivity index (χ0n) is 12.8. The summed E-state index contributed by atoms with van der Waals surface area (Å²) in [6.07, 6.45) is 6.93. The van der Waals surface area contributed by atoms with Crippen LogP contribution in [0.5, 0.6) is 0 Å². The van der Waals surface area contributed by atoms with Gasteiger partial charge in [0.05, 0.1) is 12.6 Å². The van der Waals surface area contributed by atoms with Crippen LogP contribution in [-0.2, 0) is 4.74 Å². The summed E-state index contributed by atoms with van der Waals surface area (Å²) in [6, 6.07) is 11.0. The molecule has 0 saturated carbocycles. The highest BCUT2D eigenvalue weighted by Crippen LogP contribution is 2.25. The molecule has 0 unspecified atom stereocenters. The van der Waals surface area contributed by atoms with Crippen molar-refractivity contribution < 1.29 is 4.74 Å². The second-order valence-electron chi connectivity index (χ2n) is 5.57. The molecule has 0 radical (unpaired) electrons. The minimum Gasteiger partial charge on any atom is -0.383 e. The van der Waals surface area contributed by atoms with Gasteiger partial charge in [0.15, 0.2) is 0 Å². The average molecular weight is 271 g/mol. The quantitative estimate of drug-likeness (QED) is 0.747. The normalized spacial score (nSPS) is 18.8. The fraction of sp³-hybridized carbons (Fsp3) is 0.444. The van der Waals surface area contributed by atoms with Crippen molar-refractivity contribution in [3.63, 3.8) is 0 Å². The molecule has 1 fully saturated rings. The first-order valence-electron chi connectivity index (χ1n) is 7.38. The molecular weight excluding hydrogens is 246 g/mol. The maximum Gasteiger partial charge on any atom is 0.0666 e. The summed E-state index contributed by atoms with van der Waals surface area (Å²) in [4.78, 5) is 2.50. The minimum atomic E-state index is 0.519. The molecular formula is C18H25NO. The van der Waals surface area contributed by atoms with Crippen LogP contribution in [0.4, 0.5) is 0 Å². The van der Waals surface area contributed by atoms with Crippen LogP contribution < -0.4 is 0 Å². The number of allylic oxidation sites excluding steroid dienone is 2. The van der Waals surface area contributed by atoms with Gasteiger partial charge in [-0.3, -0.25) is 0 Å². The first-order valence-corrected chi connectivity index (χ1v) is 7.38. The highest BCUT2D eigenvalue weighted by atomic mass is 16.5. The number of likely N-dealkylation sites (tertiary alicyclic amines) is 1. The lowest BCUT2D eigenvalue weighted by Crippen LogP contribution is -2.32. The fourth-order valence-electron chi connectivity index (χ4n) is 2.81. The number of rotatable bonds is 5. The monoisotopic (exact) mass is 271 g/mol. The number of benzene rings is 1. The molecule has 1 saturated heterocycles. The summed E-state index contributed by atoms with van der Waals surface area (Å²) < 4.78 is 5.36. The Hall–Kier alpha value is -1.54. The molecule has 108 valence electrons. The molecule has 2 nitrogen and oxygen atoms in total. The van der Waals surface area contributed by atoms with Gasteiger partial charge in [-0.15, -0.1) is 0 Å². The van der Waals surface area contributed by atoms with Gasteiger partial charge in [0.1, 0.15) is 0 Å². The molecule has 0 aliphatic carbocycles. The number of methoxy groups -OCH3 is 1. The third-order valence-corrected chi connectivity index (χ3v) is 3.79. The van der Waals surface area contributed by atoms with E-state index in [1.165, 1.54) is 29.7 Å². The maximum absolute atomic E-state index is 5.36. The first kappa shape index (κ1) is 14.9. The Kier molecular flexibility index (Phi) is 5.42. The topological polar surface area (TPSA) is 12.5 Å². The van der Waals surface area contributed by atoms with Gasteiger partial charge in [-0.05, 0) is 38.3 Å². The van der Waals surface area contributed by atoms with Gasteiger partial charge in [0.2, 0.25) is 0 Å². The Morgan fingerprint density at radius 3 is 2.70 bits per heavy atom. The SMILES string of the molecule is COC[C@@H]1CCCN1C(/C=C/c1ccccc1)=C(C)C. The Bertz CT molecular complexity index is 471. The molecule has 0 amide bonds. The number of hydrogen-bond donors (Lipinski definition) is 0. The highest BCUT2D eigenvalue weighted by Gasteiger charge is 2.25. The van der Waals surface area contributed by atoms with Crippen LogP contribution in [0.15, 0.2) is 47.7 Å². The van der Waals surface area contributed by atoms with Gasteiger partial charge < -0.3 is 9.64 Å². The summed E-state index contributed by atoms with van der Waals surface area (Å²) >= 11 is 0. The number of nitrogens with zero attached hydrogens (tertiary/aromatic N) is 1. The molecule has 1 heterocycles. The van der Waals surface area contributed by atoms with Crippen LogP contribution in [0.25, 0.3) is 6.08 Å². The second kappa shape index (κ2) is 7.30. The van der Waals surface area contributed by atoms with Crippen molar-refractivity contribution in [3.05, 3.63) is 53.2 Å². The van der Waals surface area contributed by atoms with E-state index in [0.717, 1.165) is 13.2 Å². The van der Waals surface area contributed by atoms with E-state index in [2.05, 4.69) is 55.2 Å². The smallest absolute Gasteiger partial charge is 0.0666 e. The van der Waals surface area contributed by atoms with E-state index in [0.29, 0.717) is 6.04 Å². The fourth-order valence-corrected chi connectivity index (χ4v) is 2.81. The molecule has 1 aliphatic heterocycles. The molecule has 0 spiro atoms. The Balaban J connectivity index is 2.16. The second-order valence-corrected chi connectivity index (χ2v) is 5.57. The Labute approximate surface area is 122 Å². The van der Waals surface area contributed by atoms with Crippen molar-refractivity contribution in [2.45, 2.75) is 32.7 Å². The van der Waals surface area contributed by atoms with Gasteiger partial charge in [-0.1, -0.05) is 42.0 Å². The molecule has 0 N–H and O–H groups in total. The van der Waals surface area contributed by atoms with Crippen LogP contribution in [-0.4, -0.2) is 31.2 Å². The van der Waals surface area contributed by atoms with Crippen molar-refractivity contribution in [2.75, 3.05) is 20.3 Å². The van der Waals surface area contributed by atoms with E-state index in [1.807, 2.05) is 6.07 Å². The standard InChI is InChI=1S/C18H25NO/c1-15(2)18(12-11-16-8-5-4-6-9-16)19-13-7-10-17(19)14-20-3/h4-6,8-9,11-12,17H,7,10,13-14H2,1-3H3/b12-11+/t17-/m0/s1. The minimum absolute atomic E-state index is 0.519. The number of hydrogen-bond acceptors (Lipinski definition) is 2. The maximum atomic E-state index is 5.36. The molecule has 2 heteroatoms. The predicted octanol–water partition coefficient (Wildman–Crippen LogP) is 4.10. The zero-order chi connectivity index (χ0) is 14.4. The van der Waals surface area contributed by atoms with Crippen molar-refractivity contribution >= 4 is 6.08 Å². The van der Waals surface area contributed by atoms with Crippen LogP contribution in [0.1, 0.15) is 32.3 Å². The third-order valence-electron chi connectivity index (χ3n) is 3.79. The van der Waals surface area contributed by atoms with E-state index in [9.17, 15) is 0 Å². The van der Waals surface area contributed by atoms with Crippen molar-refractivity contribution in [1.29, 1.82) is 0 Å².